The van der Waals surface area contributed by atoms with Crippen molar-refractivity contribution >= 4 is 5.97 Å². The van der Waals surface area contributed by atoms with Crippen molar-refractivity contribution in [1.82, 2.24) is 0 Å². The van der Waals surface area contributed by atoms with Crippen LogP contribution in [0, 0.1) is 30.6 Å². The smallest absolute Gasteiger partial charge is 0.308 e. The summed E-state index contributed by atoms with van der Waals surface area (Å²) in [6.07, 6.45) is 15.2. The van der Waals surface area contributed by atoms with E-state index in [9.17, 15) is 4.79 Å². The molecule has 0 aromatic heterocycles. The van der Waals surface area contributed by atoms with E-state index in [4.69, 9.17) is 27.4 Å². The topological polar surface area (TPSA) is 55.8 Å². The van der Waals surface area contributed by atoms with Crippen molar-refractivity contribution in [2.45, 2.75) is 45.4 Å². The van der Waals surface area contributed by atoms with Gasteiger partial charge in [-0.05, 0) is 41.8 Å². The second-order valence-corrected chi connectivity index (χ2v) is 7.01. The van der Waals surface area contributed by atoms with Crippen LogP contribution < -0.4 is 9.47 Å². The highest BCUT2D eigenvalue weighted by Crippen LogP contribution is 2.24. The number of unbranched alkanes of at least 4 members (excludes halogenated alkanes) is 3. The fourth-order valence-corrected chi connectivity index (χ4v) is 2.78. The van der Waals surface area contributed by atoms with Crippen molar-refractivity contribution in [2.24, 2.45) is 5.92 Å². The lowest BCUT2D eigenvalue weighted by molar-refractivity contribution is -0.141. The first-order valence-corrected chi connectivity index (χ1v) is 10.5. The van der Waals surface area contributed by atoms with Crippen molar-refractivity contribution in [2.75, 3.05) is 13.7 Å². The Kier molecular flexibility index (Phi) is 12.8. The minimum Gasteiger partial charge on any atom is -0.497 e. The van der Waals surface area contributed by atoms with Crippen LogP contribution in [0.2, 0.25) is 0 Å². The maximum atomic E-state index is 10.3. The molecule has 0 spiro atoms. The van der Waals surface area contributed by atoms with Crippen molar-refractivity contribution < 1.29 is 19.4 Å². The number of rotatable bonds is 11. The molecule has 0 aliphatic rings. The predicted molar refractivity (Wildman–Crippen MR) is 126 cm³/mol. The second-order valence-electron chi connectivity index (χ2n) is 7.01. The van der Waals surface area contributed by atoms with Crippen molar-refractivity contribution in [3.63, 3.8) is 0 Å². The van der Waals surface area contributed by atoms with E-state index in [1.54, 1.807) is 7.11 Å². The van der Waals surface area contributed by atoms with E-state index < -0.39 is 11.9 Å². The highest BCUT2D eigenvalue weighted by atomic mass is 16.5. The van der Waals surface area contributed by atoms with Gasteiger partial charge in [-0.3, -0.25) is 4.79 Å². The Labute approximate surface area is 186 Å². The predicted octanol–water partition coefficient (Wildman–Crippen LogP) is 6.06. The molecule has 4 heteroatoms. The summed E-state index contributed by atoms with van der Waals surface area (Å²) in [5.41, 5.74) is 2.38. The zero-order valence-electron chi connectivity index (χ0n) is 18.5. The SMILES string of the molecule is C#CCC(CC#C)C(=O)O.CCCCCCOc1ccc(-c2ccc(OC)cc2)cc1. The third-order valence-electron chi connectivity index (χ3n) is 4.62. The maximum Gasteiger partial charge on any atom is 0.308 e. The van der Waals surface area contributed by atoms with Crippen LogP contribution in [0.3, 0.4) is 0 Å². The van der Waals surface area contributed by atoms with E-state index in [1.807, 2.05) is 24.3 Å². The molecule has 0 aliphatic heterocycles. The van der Waals surface area contributed by atoms with Gasteiger partial charge < -0.3 is 14.6 Å². The van der Waals surface area contributed by atoms with Gasteiger partial charge in [-0.15, -0.1) is 24.7 Å². The van der Waals surface area contributed by atoms with E-state index >= 15 is 0 Å². The molecular formula is C27H32O4. The minimum atomic E-state index is -0.920. The zero-order chi connectivity index (χ0) is 22.9. The summed E-state index contributed by atoms with van der Waals surface area (Å²) in [5, 5.41) is 8.44. The Morgan fingerprint density at radius 1 is 0.903 bits per heavy atom. The second kappa shape index (κ2) is 15.5. The number of carboxylic acids is 1. The van der Waals surface area contributed by atoms with E-state index in [0.29, 0.717) is 0 Å². The van der Waals surface area contributed by atoms with Gasteiger partial charge in [0.25, 0.3) is 0 Å². The molecule has 0 saturated carbocycles. The monoisotopic (exact) mass is 420 g/mol. The first-order valence-electron chi connectivity index (χ1n) is 10.5. The van der Waals surface area contributed by atoms with Crippen LogP contribution in [0.1, 0.15) is 45.4 Å². The number of carboxylic acid groups (broad SMARTS) is 1. The Bertz CT molecular complexity index is 823. The third kappa shape index (κ3) is 10.3. The van der Waals surface area contributed by atoms with Gasteiger partial charge in [0, 0.05) is 12.8 Å². The van der Waals surface area contributed by atoms with Gasteiger partial charge in [0.1, 0.15) is 11.5 Å². The maximum absolute atomic E-state index is 10.3. The molecule has 0 atom stereocenters. The highest BCUT2D eigenvalue weighted by molar-refractivity contribution is 5.70. The Morgan fingerprint density at radius 2 is 1.42 bits per heavy atom. The summed E-state index contributed by atoms with van der Waals surface area (Å²) < 4.78 is 10.9. The summed E-state index contributed by atoms with van der Waals surface area (Å²) in [4.78, 5) is 10.3. The minimum absolute atomic E-state index is 0.208. The van der Waals surface area contributed by atoms with Gasteiger partial charge in [-0.2, -0.15) is 0 Å². The largest absolute Gasteiger partial charge is 0.497 e. The Balaban J connectivity index is 0.000000407. The van der Waals surface area contributed by atoms with Gasteiger partial charge in [0.2, 0.25) is 0 Å². The number of terminal acetylenes is 2. The van der Waals surface area contributed by atoms with Crippen LogP contribution in [0.15, 0.2) is 48.5 Å². The molecule has 0 radical (unpaired) electrons. The summed E-state index contributed by atoms with van der Waals surface area (Å²) in [6.45, 7) is 3.03. The van der Waals surface area contributed by atoms with Crippen LogP contribution in [0.5, 0.6) is 11.5 Å². The number of benzene rings is 2. The number of aliphatic carboxylic acids is 1. The van der Waals surface area contributed by atoms with E-state index in [1.165, 1.54) is 30.4 Å². The molecule has 4 nitrogen and oxygen atoms in total. The first-order chi connectivity index (χ1) is 15.0. The Hall–Kier alpha value is -3.37. The molecule has 31 heavy (non-hydrogen) atoms. The molecule has 2 rings (SSSR count). The summed E-state index contributed by atoms with van der Waals surface area (Å²) in [5.74, 6) is 4.85. The van der Waals surface area contributed by atoms with Crippen LogP contribution in [0.4, 0.5) is 0 Å². The van der Waals surface area contributed by atoms with Crippen LogP contribution in [0.25, 0.3) is 11.1 Å². The van der Waals surface area contributed by atoms with Gasteiger partial charge in [-0.25, -0.2) is 0 Å². The van der Waals surface area contributed by atoms with Gasteiger partial charge in [0.15, 0.2) is 0 Å². The van der Waals surface area contributed by atoms with Crippen molar-refractivity contribution in [1.29, 1.82) is 0 Å². The molecule has 0 saturated heterocycles. The van der Waals surface area contributed by atoms with E-state index in [2.05, 4.69) is 43.0 Å². The summed E-state index contributed by atoms with van der Waals surface area (Å²) in [7, 11) is 1.68. The molecule has 0 aliphatic carbocycles. The van der Waals surface area contributed by atoms with Gasteiger partial charge in [0.05, 0.1) is 19.6 Å². The number of ether oxygens (including phenoxy) is 2. The molecule has 2 aromatic rings. The molecule has 0 fully saturated rings. The lowest BCUT2D eigenvalue weighted by atomic mass is 10.0. The number of methoxy groups -OCH3 is 1. The van der Waals surface area contributed by atoms with Gasteiger partial charge >= 0.3 is 5.97 Å². The molecule has 0 heterocycles. The zero-order valence-corrected chi connectivity index (χ0v) is 18.5. The molecule has 2 aromatic carbocycles. The van der Waals surface area contributed by atoms with Crippen LogP contribution in [-0.4, -0.2) is 24.8 Å². The van der Waals surface area contributed by atoms with Crippen LogP contribution >= 0.6 is 0 Å². The lowest BCUT2D eigenvalue weighted by Crippen LogP contribution is -2.11. The lowest BCUT2D eigenvalue weighted by Gasteiger charge is -2.08. The molecule has 0 amide bonds. The highest BCUT2D eigenvalue weighted by Gasteiger charge is 2.13. The summed E-state index contributed by atoms with van der Waals surface area (Å²) >= 11 is 0. The van der Waals surface area contributed by atoms with Gasteiger partial charge in [-0.1, -0.05) is 50.5 Å². The number of carbonyl (C=O) groups is 1. The molecule has 0 unspecified atom stereocenters. The quantitative estimate of drug-likeness (QED) is 0.355. The normalized spacial score (nSPS) is 9.71. The number of hydrogen-bond donors (Lipinski definition) is 1. The summed E-state index contributed by atoms with van der Waals surface area (Å²) in [6, 6.07) is 16.4. The fraction of sp³-hybridized carbons (Fsp3) is 0.370. The first kappa shape index (κ1) is 25.7. The van der Waals surface area contributed by atoms with E-state index in [0.717, 1.165) is 24.5 Å². The van der Waals surface area contributed by atoms with Crippen LogP contribution in [-0.2, 0) is 4.79 Å². The average Bonchev–Trinajstić information content (AvgIpc) is 2.80. The standard InChI is InChI=1S/C19H24O2.C8H8O2/c1-3-4-5-6-15-21-19-13-9-17(10-14-19)16-7-11-18(20-2)12-8-16;1-3-5-7(6-4-2)8(9)10/h7-14H,3-6,15H2,1-2H3;1-2,7H,5-6H2,(H,9,10). The Morgan fingerprint density at radius 3 is 1.84 bits per heavy atom. The molecule has 0 bridgehead atoms. The number of hydrogen-bond acceptors (Lipinski definition) is 3. The van der Waals surface area contributed by atoms with Crippen molar-refractivity contribution in [3.8, 4) is 47.3 Å². The molecule has 1 N–H and O–H groups in total. The molecular weight excluding hydrogens is 388 g/mol. The van der Waals surface area contributed by atoms with E-state index in [-0.39, 0.29) is 12.8 Å². The fourth-order valence-electron chi connectivity index (χ4n) is 2.78. The molecule has 164 valence electrons. The third-order valence-corrected chi connectivity index (χ3v) is 4.62. The van der Waals surface area contributed by atoms with Crippen molar-refractivity contribution in [3.05, 3.63) is 48.5 Å². The average molecular weight is 421 g/mol.